The zero-order valence-corrected chi connectivity index (χ0v) is 14.8. The van der Waals surface area contributed by atoms with Gasteiger partial charge in [0.25, 0.3) is 0 Å². The molecule has 0 aliphatic heterocycles. The average molecular weight is 383 g/mol. The fourth-order valence-electron chi connectivity index (χ4n) is 3.58. The lowest BCUT2D eigenvalue weighted by molar-refractivity contribution is -0.137. The van der Waals surface area contributed by atoms with Crippen molar-refractivity contribution in [3.8, 4) is 17.7 Å². The number of oxazole rings is 1. The van der Waals surface area contributed by atoms with E-state index >= 15 is 0 Å². The predicted molar refractivity (Wildman–Crippen MR) is 95.3 cm³/mol. The number of aryl methyl sites for hydroxylation is 1. The second-order valence-corrected chi connectivity index (χ2v) is 6.85. The summed E-state index contributed by atoms with van der Waals surface area (Å²) in [6.45, 7) is 0. The summed E-state index contributed by atoms with van der Waals surface area (Å²) in [6, 6.07) is 10.9. The number of alkyl halides is 3. The van der Waals surface area contributed by atoms with Gasteiger partial charge >= 0.3 is 6.18 Å². The van der Waals surface area contributed by atoms with Crippen LogP contribution in [-0.2, 0) is 19.0 Å². The minimum atomic E-state index is -4.49. The maximum atomic E-state index is 13.2. The van der Waals surface area contributed by atoms with E-state index in [0.717, 1.165) is 24.2 Å². The van der Waals surface area contributed by atoms with Crippen molar-refractivity contribution in [3.05, 3.63) is 70.7 Å². The van der Waals surface area contributed by atoms with E-state index in [1.54, 1.807) is 24.4 Å². The van der Waals surface area contributed by atoms with Gasteiger partial charge in [0, 0.05) is 12.6 Å². The van der Waals surface area contributed by atoms with Crippen molar-refractivity contribution in [1.82, 2.24) is 9.97 Å². The third kappa shape index (κ3) is 3.63. The lowest BCUT2D eigenvalue weighted by Gasteiger charge is -2.17. The third-order valence-electron chi connectivity index (χ3n) is 4.94. The maximum absolute atomic E-state index is 13.2. The van der Waals surface area contributed by atoms with Gasteiger partial charge in [0.15, 0.2) is 0 Å². The molecule has 28 heavy (non-hydrogen) atoms. The van der Waals surface area contributed by atoms with E-state index in [2.05, 4.69) is 9.97 Å². The molecule has 0 saturated heterocycles. The number of pyridine rings is 1. The van der Waals surface area contributed by atoms with Crippen LogP contribution < -0.4 is 0 Å². The van der Waals surface area contributed by atoms with Gasteiger partial charge in [0.05, 0.1) is 22.9 Å². The van der Waals surface area contributed by atoms with Gasteiger partial charge in [-0.05, 0) is 61.1 Å². The van der Waals surface area contributed by atoms with Crippen molar-refractivity contribution in [3.63, 3.8) is 0 Å². The molecule has 2 heterocycles. The van der Waals surface area contributed by atoms with E-state index in [-0.39, 0.29) is 11.5 Å². The number of rotatable bonds is 2. The van der Waals surface area contributed by atoms with E-state index in [4.69, 9.17) is 9.68 Å². The van der Waals surface area contributed by atoms with Crippen LogP contribution in [0.1, 0.15) is 46.9 Å². The molecular weight excluding hydrogens is 367 g/mol. The summed E-state index contributed by atoms with van der Waals surface area (Å²) in [6.07, 6.45) is -0.204. The molecule has 0 N–H and O–H groups in total. The number of aromatic nitrogens is 2. The zero-order valence-electron chi connectivity index (χ0n) is 14.8. The summed E-state index contributed by atoms with van der Waals surface area (Å²) in [4.78, 5) is 8.78. The number of hydrogen-bond donors (Lipinski definition) is 0. The smallest absolute Gasteiger partial charge is 0.416 e. The van der Waals surface area contributed by atoms with Crippen molar-refractivity contribution in [2.24, 2.45) is 0 Å². The van der Waals surface area contributed by atoms with Crippen LogP contribution >= 0.6 is 0 Å². The number of hydrogen-bond acceptors (Lipinski definition) is 4. The normalized spacial score (nSPS) is 16.9. The summed E-state index contributed by atoms with van der Waals surface area (Å²) in [7, 11) is 0. The van der Waals surface area contributed by atoms with Crippen molar-refractivity contribution in [2.75, 3.05) is 0 Å². The molecule has 0 saturated carbocycles. The Bertz CT molecular complexity index is 1040. The number of nitriles is 1. The van der Waals surface area contributed by atoms with Crippen molar-refractivity contribution in [1.29, 1.82) is 5.26 Å². The Morgan fingerprint density at radius 3 is 2.75 bits per heavy atom. The molecule has 142 valence electrons. The molecule has 1 unspecified atom stereocenters. The summed E-state index contributed by atoms with van der Waals surface area (Å²) < 4.78 is 45.6. The highest BCUT2D eigenvalue weighted by atomic mass is 19.4. The van der Waals surface area contributed by atoms with E-state index in [1.807, 2.05) is 12.1 Å². The standard InChI is InChI=1S/C21H16F3N3O/c22-21(23,24)16-9-13(12-25)8-15(10-16)14-4-3-6-17-19(11-14)28-20(27-17)18-5-1-2-7-26-18/h1-2,5,7-10,14H,3-4,6,11H2. The molecular formula is C21H16F3N3O. The fourth-order valence-corrected chi connectivity index (χ4v) is 3.58. The molecule has 1 atom stereocenters. The number of halogens is 3. The second kappa shape index (κ2) is 7.12. The van der Waals surface area contributed by atoms with E-state index in [0.29, 0.717) is 42.2 Å². The summed E-state index contributed by atoms with van der Waals surface area (Å²) >= 11 is 0. The van der Waals surface area contributed by atoms with Crippen LogP contribution in [0.3, 0.4) is 0 Å². The van der Waals surface area contributed by atoms with E-state index < -0.39 is 11.7 Å². The maximum Gasteiger partial charge on any atom is 0.416 e. The first kappa shape index (κ1) is 18.2. The monoisotopic (exact) mass is 383 g/mol. The van der Waals surface area contributed by atoms with Crippen LogP contribution in [0.4, 0.5) is 13.2 Å². The summed E-state index contributed by atoms with van der Waals surface area (Å²) in [5.41, 5.74) is 1.18. The highest BCUT2D eigenvalue weighted by molar-refractivity contribution is 5.47. The van der Waals surface area contributed by atoms with E-state index in [9.17, 15) is 13.2 Å². The number of benzene rings is 1. The van der Waals surface area contributed by atoms with Gasteiger partial charge in [-0.3, -0.25) is 4.98 Å². The molecule has 0 amide bonds. The van der Waals surface area contributed by atoms with Crippen LogP contribution in [0, 0.1) is 11.3 Å². The van der Waals surface area contributed by atoms with Gasteiger partial charge in [0.2, 0.25) is 5.89 Å². The lowest BCUT2D eigenvalue weighted by atomic mass is 9.89. The first-order chi connectivity index (χ1) is 13.4. The molecule has 1 aromatic carbocycles. The van der Waals surface area contributed by atoms with Gasteiger partial charge in [-0.1, -0.05) is 6.07 Å². The van der Waals surface area contributed by atoms with Crippen LogP contribution in [-0.4, -0.2) is 9.97 Å². The zero-order chi connectivity index (χ0) is 19.7. The molecule has 0 bridgehead atoms. The molecule has 0 radical (unpaired) electrons. The number of fused-ring (bicyclic) bond motifs is 1. The van der Waals surface area contributed by atoms with Gasteiger partial charge in [-0.25, -0.2) is 4.98 Å². The predicted octanol–water partition coefficient (Wildman–Crippen LogP) is 5.29. The SMILES string of the molecule is N#Cc1cc(C2CCCc3nc(-c4ccccn4)oc3C2)cc(C(F)(F)F)c1. The minimum Gasteiger partial charge on any atom is -0.440 e. The Hall–Kier alpha value is -3.14. The second-order valence-electron chi connectivity index (χ2n) is 6.85. The Morgan fingerprint density at radius 2 is 2.04 bits per heavy atom. The largest absolute Gasteiger partial charge is 0.440 e. The summed E-state index contributed by atoms with van der Waals surface area (Å²) in [5.74, 6) is 0.937. The third-order valence-corrected chi connectivity index (χ3v) is 4.94. The minimum absolute atomic E-state index is 0.0149. The quantitative estimate of drug-likeness (QED) is 0.564. The van der Waals surface area contributed by atoms with Crippen molar-refractivity contribution in [2.45, 2.75) is 37.8 Å². The molecule has 4 nitrogen and oxygen atoms in total. The molecule has 7 heteroatoms. The van der Waals surface area contributed by atoms with Crippen LogP contribution in [0.2, 0.25) is 0 Å². The Balaban J connectivity index is 1.68. The molecule has 0 spiro atoms. The van der Waals surface area contributed by atoms with Crippen LogP contribution in [0.5, 0.6) is 0 Å². The molecule has 2 aromatic heterocycles. The molecule has 1 aliphatic carbocycles. The Morgan fingerprint density at radius 1 is 1.18 bits per heavy atom. The molecule has 0 fully saturated rings. The van der Waals surface area contributed by atoms with Crippen LogP contribution in [0.15, 0.2) is 47.0 Å². The van der Waals surface area contributed by atoms with Crippen molar-refractivity contribution >= 4 is 0 Å². The number of nitrogens with zero attached hydrogens (tertiary/aromatic N) is 3. The fraction of sp³-hybridized carbons (Fsp3) is 0.286. The highest BCUT2D eigenvalue weighted by Gasteiger charge is 2.32. The van der Waals surface area contributed by atoms with Gasteiger partial charge in [-0.2, -0.15) is 18.4 Å². The molecule has 4 rings (SSSR count). The highest BCUT2D eigenvalue weighted by Crippen LogP contribution is 2.37. The Labute approximate surface area is 159 Å². The lowest BCUT2D eigenvalue weighted by Crippen LogP contribution is -2.09. The molecule has 1 aliphatic rings. The average Bonchev–Trinajstić information content (AvgIpc) is 2.99. The van der Waals surface area contributed by atoms with Crippen LogP contribution in [0.25, 0.3) is 11.6 Å². The molecule has 3 aromatic rings. The first-order valence-corrected chi connectivity index (χ1v) is 8.96. The first-order valence-electron chi connectivity index (χ1n) is 8.96. The summed E-state index contributed by atoms with van der Waals surface area (Å²) in [5, 5.41) is 9.14. The van der Waals surface area contributed by atoms with Gasteiger partial charge in [-0.15, -0.1) is 0 Å². The van der Waals surface area contributed by atoms with Gasteiger partial charge in [0.1, 0.15) is 11.5 Å². The Kier molecular flexibility index (Phi) is 4.63. The van der Waals surface area contributed by atoms with Gasteiger partial charge < -0.3 is 4.42 Å². The topological polar surface area (TPSA) is 62.7 Å². The van der Waals surface area contributed by atoms with Crippen molar-refractivity contribution < 1.29 is 17.6 Å². The van der Waals surface area contributed by atoms with E-state index in [1.165, 1.54) is 0 Å².